The largest absolute Gasteiger partial charge is 0.481 e. The van der Waals surface area contributed by atoms with Crippen molar-refractivity contribution in [3.8, 4) is 0 Å². The van der Waals surface area contributed by atoms with Gasteiger partial charge in [0.15, 0.2) is 0 Å². The number of hydrogen-bond acceptors (Lipinski definition) is 13. The van der Waals surface area contributed by atoms with Crippen LogP contribution >= 0.6 is 11.8 Å². The quantitative estimate of drug-likeness (QED) is 0.0645. The molecule has 0 bridgehead atoms. The molecule has 20 heteroatoms. The van der Waals surface area contributed by atoms with Crippen molar-refractivity contribution in [3.05, 3.63) is 48.5 Å². The van der Waals surface area contributed by atoms with Crippen LogP contribution in [0.1, 0.15) is 32.1 Å². The van der Waals surface area contributed by atoms with Gasteiger partial charge in [-0.25, -0.2) is 0 Å². The second-order valence-electron chi connectivity index (χ2n) is 11.7. The van der Waals surface area contributed by atoms with Crippen LogP contribution < -0.4 is 27.0 Å². The summed E-state index contributed by atoms with van der Waals surface area (Å²) in [5.41, 5.74) is 7.15. The number of likely N-dealkylation sites (tertiary alicyclic amines) is 1. The molecule has 0 aromatic heterocycles. The number of nitrogens with one attached hydrogen (secondary N) is 4. The van der Waals surface area contributed by atoms with Crippen LogP contribution in [0.3, 0.4) is 0 Å². The first-order chi connectivity index (χ1) is 25.2. The maximum Gasteiger partial charge on any atom is 0.320 e. The highest BCUT2D eigenvalue weighted by Crippen LogP contribution is 2.25. The molecule has 9 N–H and O–H groups in total. The average Bonchev–Trinajstić information content (AvgIpc) is 3.39. The molecule has 1 fully saturated rings. The second-order valence-corrected chi connectivity index (χ2v) is 13.0. The number of rotatable bonds is 21. The van der Waals surface area contributed by atoms with E-state index in [0.29, 0.717) is 28.5 Å². The molecule has 1 heterocycles. The van der Waals surface area contributed by atoms with E-state index < -0.39 is 77.7 Å². The number of anilines is 2. The number of carbonyl (C=O) groups excluding carboxylic acids is 6. The molecule has 3 rings (SSSR count). The summed E-state index contributed by atoms with van der Waals surface area (Å²) in [6.07, 6.45) is -0.216. The van der Waals surface area contributed by atoms with E-state index in [1.54, 1.807) is 48.5 Å². The van der Waals surface area contributed by atoms with Crippen molar-refractivity contribution in [2.45, 2.75) is 43.4 Å². The van der Waals surface area contributed by atoms with Crippen LogP contribution in [0, 0.1) is 5.92 Å². The third-order valence-corrected chi connectivity index (χ3v) is 8.74. The molecular formula is C33H40N8O11S. The number of aliphatic hydroxyl groups excluding tert-OH is 1. The lowest BCUT2D eigenvalue weighted by Gasteiger charge is -2.14. The first kappa shape index (κ1) is 41.7. The number of thioether (sulfide) groups is 1. The van der Waals surface area contributed by atoms with Gasteiger partial charge in [-0.05, 0) is 67.8 Å². The highest BCUT2D eigenvalue weighted by Gasteiger charge is 2.39. The van der Waals surface area contributed by atoms with E-state index in [1.807, 2.05) is 0 Å². The highest BCUT2D eigenvalue weighted by atomic mass is 32.2. The lowest BCUT2D eigenvalue weighted by Crippen LogP contribution is -2.40. The van der Waals surface area contributed by atoms with Crippen LogP contribution in [0.5, 0.6) is 0 Å². The predicted octanol–water partition coefficient (Wildman–Crippen LogP) is 0.738. The maximum absolute atomic E-state index is 12.4. The molecule has 1 saturated heterocycles. The smallest absolute Gasteiger partial charge is 0.320 e. The Morgan fingerprint density at radius 1 is 0.811 bits per heavy atom. The van der Waals surface area contributed by atoms with E-state index in [2.05, 4.69) is 31.5 Å². The minimum Gasteiger partial charge on any atom is -0.481 e. The molecule has 0 aliphatic carbocycles. The Bertz CT molecular complexity index is 1690. The summed E-state index contributed by atoms with van der Waals surface area (Å²) in [6.45, 7) is -1.33. The summed E-state index contributed by atoms with van der Waals surface area (Å²) in [6, 6.07) is 11.3. The first-order valence-corrected chi connectivity index (χ1v) is 17.3. The van der Waals surface area contributed by atoms with Crippen molar-refractivity contribution in [1.82, 2.24) is 15.5 Å². The van der Waals surface area contributed by atoms with Crippen molar-refractivity contribution in [2.75, 3.05) is 42.6 Å². The zero-order valence-electron chi connectivity index (χ0n) is 28.4. The van der Waals surface area contributed by atoms with Crippen LogP contribution in [-0.4, -0.2) is 111 Å². The maximum atomic E-state index is 12.4. The summed E-state index contributed by atoms with van der Waals surface area (Å²) < 4.78 is 0. The number of nitrogens with two attached hydrogens (primary N) is 1. The molecule has 0 spiro atoms. The Labute approximate surface area is 307 Å². The second kappa shape index (κ2) is 21.0. The van der Waals surface area contributed by atoms with E-state index in [4.69, 9.17) is 15.9 Å². The van der Waals surface area contributed by atoms with Crippen molar-refractivity contribution in [3.63, 3.8) is 0 Å². The number of amides is 6. The number of carboxylic acids is 2. The van der Waals surface area contributed by atoms with E-state index in [-0.39, 0.29) is 45.3 Å². The molecule has 2 aromatic carbocycles. The average molecular weight is 757 g/mol. The number of aliphatic hydroxyl groups is 1. The molecule has 19 nitrogen and oxygen atoms in total. The Hall–Kier alpha value is -5.73. The van der Waals surface area contributed by atoms with Gasteiger partial charge >= 0.3 is 11.9 Å². The number of hydrogen-bond donors (Lipinski definition) is 8. The third-order valence-electron chi connectivity index (χ3n) is 7.55. The fourth-order valence-electron chi connectivity index (χ4n) is 4.80. The van der Waals surface area contributed by atoms with Crippen LogP contribution in [0.4, 0.5) is 22.7 Å². The zero-order chi connectivity index (χ0) is 38.9. The highest BCUT2D eigenvalue weighted by molar-refractivity contribution is 8.00. The zero-order valence-corrected chi connectivity index (χ0v) is 29.2. The molecule has 0 saturated carbocycles. The van der Waals surface area contributed by atoms with Gasteiger partial charge in [0.25, 0.3) is 0 Å². The lowest BCUT2D eigenvalue weighted by atomic mass is 9.94. The summed E-state index contributed by atoms with van der Waals surface area (Å²) in [4.78, 5) is 96.4. The molecule has 2 aromatic rings. The fourth-order valence-corrected chi connectivity index (χ4v) is 5.72. The van der Waals surface area contributed by atoms with Gasteiger partial charge in [-0.2, -0.15) is 10.2 Å². The fraction of sp³-hybridized carbons (Fsp3) is 0.394. The van der Waals surface area contributed by atoms with Gasteiger partial charge in [-0.15, -0.1) is 11.8 Å². The van der Waals surface area contributed by atoms with E-state index in [1.165, 1.54) is 11.8 Å². The predicted molar refractivity (Wildman–Crippen MR) is 190 cm³/mol. The van der Waals surface area contributed by atoms with E-state index in [9.17, 15) is 43.5 Å². The number of benzene rings is 2. The molecule has 1 unspecified atom stereocenters. The Kier molecular flexibility index (Phi) is 16.5. The Balaban J connectivity index is 1.34. The van der Waals surface area contributed by atoms with Gasteiger partial charge in [0.05, 0.1) is 42.2 Å². The van der Waals surface area contributed by atoms with Gasteiger partial charge in [-0.3, -0.25) is 43.3 Å². The molecule has 3 atom stereocenters. The first-order valence-electron chi connectivity index (χ1n) is 16.3. The number of aliphatic carboxylic acids is 2. The minimum atomic E-state index is -1.33. The minimum absolute atomic E-state index is 0.0131. The number of imide groups is 1. The molecule has 284 valence electrons. The van der Waals surface area contributed by atoms with Gasteiger partial charge < -0.3 is 42.3 Å². The SMILES string of the molecule is N[C@@H](C[C@@H](CCCC(=O)NCC(=O)NCC(=O)Nc1ccc(N=Nc2ccc(NC(=O)CN3C(=O)CC(SCCO)C3=O)cc2)cc1)C(=O)O)C(=O)O. The summed E-state index contributed by atoms with van der Waals surface area (Å²) in [5, 5.41) is 44.6. The Morgan fingerprint density at radius 2 is 1.36 bits per heavy atom. The van der Waals surface area contributed by atoms with E-state index >= 15 is 0 Å². The van der Waals surface area contributed by atoms with Crippen LogP contribution in [0.2, 0.25) is 0 Å². The number of carboxylic acid groups (broad SMARTS) is 2. The van der Waals surface area contributed by atoms with Crippen molar-refractivity contribution in [1.29, 1.82) is 0 Å². The third kappa shape index (κ3) is 14.4. The Morgan fingerprint density at radius 3 is 1.91 bits per heavy atom. The standard InChI is InChI=1S/C33H40N8O11S/c34-24(33(51)52)14-19(32(49)50)2-1-3-26(43)35-16-27(44)36-17-28(45)37-20-4-8-22(9-5-20)39-40-23-10-6-21(7-11-23)38-29(46)18-41-30(47)15-25(31(41)48)53-13-12-42/h4-11,19,24-25,42H,1-3,12-18,34H2,(H,35,43)(H,36,44)(H,37,45)(H,38,46)(H,49,50)(H,51,52)/t19-,24+,25?/m1/s1. The molecule has 1 aliphatic heterocycles. The summed E-state index contributed by atoms with van der Waals surface area (Å²) >= 11 is 1.17. The topological polar surface area (TPSA) is 299 Å². The normalized spacial score (nSPS) is 15.1. The van der Waals surface area contributed by atoms with Gasteiger partial charge in [-0.1, -0.05) is 0 Å². The van der Waals surface area contributed by atoms with Crippen LogP contribution in [0.15, 0.2) is 58.8 Å². The van der Waals surface area contributed by atoms with E-state index in [0.717, 1.165) is 4.90 Å². The number of azo groups is 1. The summed E-state index contributed by atoms with van der Waals surface area (Å²) in [5.74, 6) is -6.38. The molecule has 1 aliphatic rings. The number of carbonyl (C=O) groups is 8. The molecule has 6 amide bonds. The summed E-state index contributed by atoms with van der Waals surface area (Å²) in [7, 11) is 0. The van der Waals surface area contributed by atoms with Crippen molar-refractivity contribution < 1.29 is 53.7 Å². The number of nitrogens with zero attached hydrogens (tertiary/aromatic N) is 3. The van der Waals surface area contributed by atoms with Crippen LogP contribution in [-0.2, 0) is 38.4 Å². The van der Waals surface area contributed by atoms with Gasteiger partial charge in [0.2, 0.25) is 35.4 Å². The molecule has 0 radical (unpaired) electrons. The van der Waals surface area contributed by atoms with Crippen molar-refractivity contribution >= 4 is 81.9 Å². The lowest BCUT2D eigenvalue weighted by molar-refractivity contribution is -0.144. The molecular weight excluding hydrogens is 716 g/mol. The van der Waals surface area contributed by atoms with Crippen molar-refractivity contribution in [2.24, 2.45) is 21.9 Å². The van der Waals surface area contributed by atoms with Gasteiger partial charge in [0.1, 0.15) is 12.6 Å². The van der Waals surface area contributed by atoms with Crippen LogP contribution in [0.25, 0.3) is 0 Å². The molecule has 53 heavy (non-hydrogen) atoms. The van der Waals surface area contributed by atoms with Gasteiger partial charge in [0, 0.05) is 30.0 Å². The monoisotopic (exact) mass is 756 g/mol.